The predicted octanol–water partition coefficient (Wildman–Crippen LogP) is 5.64. The van der Waals surface area contributed by atoms with Gasteiger partial charge in [0.1, 0.15) is 23.6 Å². The average molecular weight is 458 g/mol. The van der Waals surface area contributed by atoms with E-state index in [1.165, 1.54) is 0 Å². The second-order valence-corrected chi connectivity index (χ2v) is 8.52. The van der Waals surface area contributed by atoms with E-state index in [4.69, 9.17) is 9.72 Å². The summed E-state index contributed by atoms with van der Waals surface area (Å²) in [5.74, 6) is 1.39. The van der Waals surface area contributed by atoms with Crippen LogP contribution in [0.15, 0.2) is 91.3 Å². The van der Waals surface area contributed by atoms with Gasteiger partial charge in [0, 0.05) is 22.9 Å². The van der Waals surface area contributed by atoms with E-state index in [-0.39, 0.29) is 17.4 Å². The lowest BCUT2D eigenvalue weighted by molar-refractivity contribution is 0.422. The minimum absolute atomic E-state index is 0.122. The number of ether oxygens (including phenoxy) is 1. The van der Waals surface area contributed by atoms with E-state index in [1.54, 1.807) is 23.0 Å². The van der Waals surface area contributed by atoms with E-state index in [2.05, 4.69) is 10.1 Å². The van der Waals surface area contributed by atoms with Crippen LogP contribution in [0.3, 0.4) is 0 Å². The first-order valence-electron chi connectivity index (χ1n) is 11.2. The Morgan fingerprint density at radius 1 is 0.857 bits per heavy atom. The van der Waals surface area contributed by atoms with E-state index in [9.17, 15) is 10.2 Å². The van der Waals surface area contributed by atoms with Crippen LogP contribution in [0, 0.1) is 0 Å². The largest absolute Gasteiger partial charge is 0.508 e. The molecule has 0 spiro atoms. The van der Waals surface area contributed by atoms with Crippen LogP contribution < -0.4 is 4.74 Å². The van der Waals surface area contributed by atoms with Crippen LogP contribution in [0.4, 0.5) is 0 Å². The number of aromatic hydroxyl groups is 2. The van der Waals surface area contributed by atoms with Gasteiger partial charge in [-0.1, -0.05) is 66.7 Å². The highest BCUT2D eigenvalue weighted by Crippen LogP contribution is 2.48. The quantitative estimate of drug-likeness (QED) is 0.348. The van der Waals surface area contributed by atoms with Gasteiger partial charge in [-0.3, -0.25) is 0 Å². The number of aromatic nitrogens is 4. The minimum atomic E-state index is -0.228. The molecule has 6 aromatic rings. The summed E-state index contributed by atoms with van der Waals surface area (Å²) in [6.45, 7) is 0. The zero-order chi connectivity index (χ0) is 23.5. The van der Waals surface area contributed by atoms with Crippen molar-refractivity contribution in [3.05, 3.63) is 108 Å². The number of rotatable bonds is 2. The third-order valence-corrected chi connectivity index (χ3v) is 6.46. The number of phenolic OH excluding ortho intramolecular Hbond substituents is 2. The lowest BCUT2D eigenvalue weighted by Gasteiger charge is -2.27. The molecule has 4 aromatic carbocycles. The van der Waals surface area contributed by atoms with Gasteiger partial charge in [-0.2, -0.15) is 0 Å². The van der Waals surface area contributed by atoms with Crippen LogP contribution in [0.1, 0.15) is 22.6 Å². The summed E-state index contributed by atoms with van der Waals surface area (Å²) in [7, 11) is 0. The van der Waals surface area contributed by atoms with Crippen molar-refractivity contribution in [2.24, 2.45) is 0 Å². The Labute approximate surface area is 199 Å². The molecule has 2 N–H and O–H groups in total. The van der Waals surface area contributed by atoms with Crippen LogP contribution >= 0.6 is 0 Å². The molecule has 0 saturated carbocycles. The van der Waals surface area contributed by atoms with E-state index in [1.807, 2.05) is 72.8 Å². The lowest BCUT2D eigenvalue weighted by Crippen LogP contribution is -2.14. The number of fused-ring (bicyclic) bond motifs is 5. The van der Waals surface area contributed by atoms with E-state index in [0.717, 1.165) is 27.5 Å². The van der Waals surface area contributed by atoms with Crippen molar-refractivity contribution in [3.8, 4) is 34.5 Å². The first kappa shape index (κ1) is 19.5. The van der Waals surface area contributed by atoms with Crippen molar-refractivity contribution in [1.82, 2.24) is 19.6 Å². The van der Waals surface area contributed by atoms with Crippen LogP contribution in [0.5, 0.6) is 23.1 Å². The van der Waals surface area contributed by atoms with Crippen molar-refractivity contribution < 1.29 is 14.9 Å². The summed E-state index contributed by atoms with van der Waals surface area (Å²) in [6.07, 6.45) is 1.55. The molecule has 0 bridgehead atoms. The number of hydrogen-bond donors (Lipinski definition) is 2. The van der Waals surface area contributed by atoms with Crippen LogP contribution in [0.25, 0.3) is 27.8 Å². The van der Waals surface area contributed by atoms with Gasteiger partial charge < -0.3 is 14.9 Å². The first-order valence-corrected chi connectivity index (χ1v) is 11.2. The summed E-state index contributed by atoms with van der Waals surface area (Å²) in [4.78, 5) is 9.38. The van der Waals surface area contributed by atoms with Gasteiger partial charge in [0.25, 0.3) is 0 Å². The molecule has 1 atom stereocenters. The molecule has 2 aromatic heterocycles. The van der Waals surface area contributed by atoms with E-state index >= 15 is 0 Å². The Bertz CT molecular complexity index is 1760. The highest BCUT2D eigenvalue weighted by Gasteiger charge is 2.33. The van der Waals surface area contributed by atoms with Crippen molar-refractivity contribution in [1.29, 1.82) is 0 Å². The SMILES string of the molecule is Oc1ccc2c(c1)Oc1ncn3nc(-c4ccc5ccccc5c4O)nc3c1[C@@H]2c1ccccc1. The molecule has 168 valence electrons. The number of nitrogens with zero attached hydrogens (tertiary/aromatic N) is 4. The fraction of sp³-hybridized carbons (Fsp3) is 0.0357. The van der Waals surface area contributed by atoms with Crippen LogP contribution in [0.2, 0.25) is 0 Å². The van der Waals surface area contributed by atoms with Gasteiger partial charge in [-0.15, -0.1) is 5.10 Å². The molecule has 0 fully saturated rings. The molecule has 1 aliphatic rings. The van der Waals surface area contributed by atoms with Gasteiger partial charge in [0.05, 0.1) is 11.1 Å². The smallest absolute Gasteiger partial charge is 0.228 e. The van der Waals surface area contributed by atoms with Crippen LogP contribution in [-0.2, 0) is 0 Å². The topological polar surface area (TPSA) is 92.8 Å². The third-order valence-electron chi connectivity index (χ3n) is 6.46. The summed E-state index contributed by atoms with van der Waals surface area (Å²) >= 11 is 0. The second-order valence-electron chi connectivity index (χ2n) is 8.52. The van der Waals surface area contributed by atoms with Crippen molar-refractivity contribution >= 4 is 16.4 Å². The Hall–Kier alpha value is -4.91. The Kier molecular flexibility index (Phi) is 4.08. The highest BCUT2D eigenvalue weighted by molar-refractivity contribution is 5.93. The Morgan fingerprint density at radius 2 is 1.69 bits per heavy atom. The molecule has 7 nitrogen and oxygen atoms in total. The maximum atomic E-state index is 11.0. The summed E-state index contributed by atoms with van der Waals surface area (Å²) < 4.78 is 7.73. The fourth-order valence-electron chi connectivity index (χ4n) is 4.84. The molecule has 3 heterocycles. The minimum Gasteiger partial charge on any atom is -0.508 e. The Balaban J connectivity index is 1.47. The zero-order valence-electron chi connectivity index (χ0n) is 18.3. The normalized spacial score (nSPS) is 14.5. The maximum absolute atomic E-state index is 11.0. The molecule has 0 aliphatic carbocycles. The van der Waals surface area contributed by atoms with E-state index in [0.29, 0.717) is 28.7 Å². The molecule has 7 rings (SSSR count). The van der Waals surface area contributed by atoms with Gasteiger partial charge in [0.15, 0.2) is 11.5 Å². The molecule has 0 saturated heterocycles. The molecule has 0 unspecified atom stereocenters. The lowest BCUT2D eigenvalue weighted by atomic mass is 9.84. The maximum Gasteiger partial charge on any atom is 0.228 e. The molecular formula is C28H18N4O3. The molecule has 0 amide bonds. The van der Waals surface area contributed by atoms with Gasteiger partial charge in [0.2, 0.25) is 5.88 Å². The summed E-state index contributed by atoms with van der Waals surface area (Å²) in [5.41, 5.74) is 3.84. The predicted molar refractivity (Wildman–Crippen MR) is 131 cm³/mol. The third kappa shape index (κ3) is 2.95. The summed E-state index contributed by atoms with van der Waals surface area (Å²) in [6, 6.07) is 26.6. The molecular weight excluding hydrogens is 440 g/mol. The van der Waals surface area contributed by atoms with Crippen molar-refractivity contribution in [2.75, 3.05) is 0 Å². The Morgan fingerprint density at radius 3 is 2.57 bits per heavy atom. The standard InChI is InChI=1S/C28H18N4O3/c33-18-11-13-20-22(14-18)35-28-24(23(20)17-7-2-1-3-8-17)27-30-26(31-32(27)15-29-28)21-12-10-16-6-4-5-9-19(16)25(21)34/h1-15,23,33-34H/t23-/m1/s1. The van der Waals surface area contributed by atoms with Gasteiger partial charge in [-0.05, 0) is 23.1 Å². The second kappa shape index (κ2) is 7.30. The molecule has 7 heteroatoms. The number of benzene rings is 4. The van der Waals surface area contributed by atoms with Crippen LogP contribution in [-0.4, -0.2) is 29.8 Å². The number of phenols is 2. The highest BCUT2D eigenvalue weighted by atomic mass is 16.5. The van der Waals surface area contributed by atoms with E-state index < -0.39 is 0 Å². The van der Waals surface area contributed by atoms with Crippen molar-refractivity contribution in [2.45, 2.75) is 5.92 Å². The monoisotopic (exact) mass is 458 g/mol. The first-order chi connectivity index (χ1) is 17.2. The molecule has 35 heavy (non-hydrogen) atoms. The van der Waals surface area contributed by atoms with Crippen molar-refractivity contribution in [3.63, 3.8) is 0 Å². The number of hydrogen-bond acceptors (Lipinski definition) is 6. The zero-order valence-corrected chi connectivity index (χ0v) is 18.3. The average Bonchev–Trinajstić information content (AvgIpc) is 3.32. The molecule has 1 aliphatic heterocycles. The fourth-order valence-corrected chi connectivity index (χ4v) is 4.84. The summed E-state index contributed by atoms with van der Waals surface area (Å²) in [5, 5.41) is 27.4. The molecule has 0 radical (unpaired) electrons. The van der Waals surface area contributed by atoms with Gasteiger partial charge >= 0.3 is 0 Å². The van der Waals surface area contributed by atoms with Gasteiger partial charge in [-0.25, -0.2) is 14.5 Å².